The number of halogens is 1. The number of aromatic nitrogens is 2. The van der Waals surface area contributed by atoms with Gasteiger partial charge in [0.05, 0.1) is 30.6 Å². The van der Waals surface area contributed by atoms with Crippen molar-refractivity contribution in [2.45, 2.75) is 74.8 Å². The van der Waals surface area contributed by atoms with Crippen LogP contribution in [0, 0.1) is 5.82 Å². The van der Waals surface area contributed by atoms with Crippen molar-refractivity contribution in [3.63, 3.8) is 0 Å². The Morgan fingerprint density at radius 1 is 1.05 bits per heavy atom. The van der Waals surface area contributed by atoms with Gasteiger partial charge in [-0.3, -0.25) is 4.79 Å². The summed E-state index contributed by atoms with van der Waals surface area (Å²) in [5, 5.41) is 54.8. The van der Waals surface area contributed by atoms with Gasteiger partial charge in [-0.05, 0) is 67.0 Å². The van der Waals surface area contributed by atoms with Crippen LogP contribution in [0.3, 0.4) is 0 Å². The van der Waals surface area contributed by atoms with E-state index < -0.39 is 55.1 Å². The Morgan fingerprint density at radius 3 is 2.24 bits per heavy atom. The summed E-state index contributed by atoms with van der Waals surface area (Å²) in [6.07, 6.45) is -2.31. The number of carboxylic acid groups (broad SMARTS) is 1. The van der Waals surface area contributed by atoms with Crippen LogP contribution in [0.15, 0.2) is 53.4 Å². The summed E-state index contributed by atoms with van der Waals surface area (Å²) in [6, 6.07) is 11.6. The number of nitrogens with one attached hydrogen (secondary N) is 1. The fraction of sp³-hybridized carbons (Fsp3) is 0.433. The molecule has 1 aromatic heterocycles. The highest BCUT2D eigenvalue weighted by Crippen LogP contribution is 2.30. The van der Waals surface area contributed by atoms with E-state index in [0.717, 1.165) is 4.90 Å². The van der Waals surface area contributed by atoms with Crippen LogP contribution < -0.4 is 10.4 Å². The summed E-state index contributed by atoms with van der Waals surface area (Å²) in [5.41, 5.74) is 1.57. The molecule has 0 aliphatic carbocycles. The zero-order valence-corrected chi connectivity index (χ0v) is 24.6. The second kappa shape index (κ2) is 15.3. The Balaban J connectivity index is 1.94. The van der Waals surface area contributed by atoms with Gasteiger partial charge in [0, 0.05) is 29.4 Å². The predicted octanol–water partition coefficient (Wildman–Crippen LogP) is 2.00. The number of hydrogen-bond donors (Lipinski definition) is 5. The van der Waals surface area contributed by atoms with Crippen molar-refractivity contribution < 1.29 is 39.5 Å². The molecule has 2 aromatic carbocycles. The Kier molecular flexibility index (Phi) is 12.1. The van der Waals surface area contributed by atoms with E-state index in [0.29, 0.717) is 22.6 Å². The first kappa shape index (κ1) is 33.2. The monoisotopic (exact) mass is 602 g/mol. The first-order valence-electron chi connectivity index (χ1n) is 13.6. The normalized spacial score (nSPS) is 14.4. The van der Waals surface area contributed by atoms with Crippen molar-refractivity contribution in [1.29, 1.82) is 0 Å². The second-order valence-corrected chi connectivity index (χ2v) is 11.3. The van der Waals surface area contributed by atoms with E-state index in [-0.39, 0.29) is 31.0 Å². The van der Waals surface area contributed by atoms with E-state index in [1.807, 2.05) is 32.2 Å². The lowest BCUT2D eigenvalue weighted by molar-refractivity contribution is -0.307. The predicted molar refractivity (Wildman–Crippen MR) is 154 cm³/mol. The van der Waals surface area contributed by atoms with Crippen LogP contribution in [0.5, 0.6) is 0 Å². The van der Waals surface area contributed by atoms with Gasteiger partial charge in [-0.1, -0.05) is 26.0 Å². The molecule has 0 spiro atoms. The van der Waals surface area contributed by atoms with E-state index in [9.17, 15) is 39.5 Å². The van der Waals surface area contributed by atoms with Crippen molar-refractivity contribution in [3.8, 4) is 11.4 Å². The average Bonchev–Trinajstić information content (AvgIpc) is 3.34. The maximum absolute atomic E-state index is 13.7. The number of benzene rings is 2. The molecule has 10 nitrogen and oxygen atoms in total. The molecule has 3 aromatic rings. The number of rotatable bonds is 15. The molecular weight excluding hydrogens is 565 g/mol. The van der Waals surface area contributed by atoms with E-state index in [1.165, 1.54) is 24.3 Å². The molecule has 0 saturated heterocycles. The number of nitrogens with zero attached hydrogens (tertiary/aromatic N) is 2. The first-order chi connectivity index (χ1) is 19.9. The fourth-order valence-electron chi connectivity index (χ4n) is 4.74. The maximum atomic E-state index is 13.7. The largest absolute Gasteiger partial charge is 0.550 e. The van der Waals surface area contributed by atoms with E-state index >= 15 is 0 Å². The highest BCUT2D eigenvalue weighted by molar-refractivity contribution is 7.98. The number of aliphatic carboxylic acids is 1. The van der Waals surface area contributed by atoms with Crippen LogP contribution >= 0.6 is 11.8 Å². The van der Waals surface area contributed by atoms with Crippen LogP contribution in [0.25, 0.3) is 11.4 Å². The fourth-order valence-corrected chi connectivity index (χ4v) is 5.15. The molecule has 3 rings (SSSR count). The molecule has 0 bridgehead atoms. The Labute approximate surface area is 248 Å². The van der Waals surface area contributed by atoms with Crippen LogP contribution in [-0.4, -0.2) is 73.0 Å². The van der Waals surface area contributed by atoms with Crippen LogP contribution in [-0.2, 0) is 11.3 Å². The SMILES string of the molecule is CSc1ccc([C@H](O)C(CO)NC(=O)c2nc(-c3ccc(F)cc3)n(CC[C@@H](O)C[C@@H](O)CC(=O)[O-])c2C(C)C)cc1. The summed E-state index contributed by atoms with van der Waals surface area (Å²) in [6.45, 7) is 3.31. The van der Waals surface area contributed by atoms with Crippen molar-refractivity contribution >= 4 is 23.6 Å². The van der Waals surface area contributed by atoms with Crippen molar-refractivity contribution in [2.24, 2.45) is 0 Å². The average molecular weight is 603 g/mol. The molecule has 0 aliphatic heterocycles. The Bertz CT molecular complexity index is 1330. The van der Waals surface area contributed by atoms with Gasteiger partial charge in [-0.2, -0.15) is 0 Å². The van der Waals surface area contributed by atoms with Crippen LogP contribution in [0.1, 0.15) is 66.9 Å². The number of thioether (sulfide) groups is 1. The van der Waals surface area contributed by atoms with Crippen LogP contribution in [0.4, 0.5) is 4.39 Å². The molecule has 1 amide bonds. The van der Waals surface area contributed by atoms with Gasteiger partial charge in [-0.15, -0.1) is 11.8 Å². The number of carbonyl (C=O) groups is 2. The van der Waals surface area contributed by atoms with Gasteiger partial charge in [-0.25, -0.2) is 9.37 Å². The zero-order valence-electron chi connectivity index (χ0n) is 23.7. The minimum absolute atomic E-state index is 0.0409. The Morgan fingerprint density at radius 2 is 1.69 bits per heavy atom. The highest BCUT2D eigenvalue weighted by atomic mass is 32.2. The first-order valence-corrected chi connectivity index (χ1v) is 14.8. The number of imidazole rings is 1. The number of carboxylic acids is 1. The molecule has 0 radical (unpaired) electrons. The van der Waals surface area contributed by atoms with E-state index in [1.54, 1.807) is 28.5 Å². The molecule has 4 atom stereocenters. The molecule has 1 unspecified atom stereocenters. The molecule has 0 aliphatic rings. The Hall–Kier alpha value is -3.29. The minimum atomic E-state index is -1.43. The highest BCUT2D eigenvalue weighted by Gasteiger charge is 2.29. The van der Waals surface area contributed by atoms with Gasteiger partial charge in [0.2, 0.25) is 0 Å². The molecule has 42 heavy (non-hydrogen) atoms. The quantitative estimate of drug-likeness (QED) is 0.163. The number of aliphatic hydroxyl groups is 4. The standard InChI is InChI=1S/C30H38FN3O7S/c1-17(2)27-26(30(41)32-24(16-35)28(40)18-6-10-23(42-3)11-7-18)33-29(19-4-8-20(31)9-5-19)34(27)13-12-21(36)14-22(37)15-25(38)39/h4-11,17,21-22,24,28,35-37,40H,12-16H2,1-3H3,(H,32,41)(H,38,39)/p-1/t21-,22-,24?,28+/m1/s1. The van der Waals surface area contributed by atoms with Gasteiger partial charge in [0.15, 0.2) is 0 Å². The second-order valence-electron chi connectivity index (χ2n) is 10.4. The third-order valence-corrected chi connectivity index (χ3v) is 7.60. The molecule has 12 heteroatoms. The van der Waals surface area contributed by atoms with Gasteiger partial charge in [0.1, 0.15) is 23.4 Å². The van der Waals surface area contributed by atoms with E-state index in [4.69, 9.17) is 0 Å². The maximum Gasteiger partial charge on any atom is 0.272 e. The van der Waals surface area contributed by atoms with Crippen molar-refractivity contribution in [2.75, 3.05) is 12.9 Å². The van der Waals surface area contributed by atoms with Crippen LogP contribution in [0.2, 0.25) is 0 Å². The summed E-state index contributed by atoms with van der Waals surface area (Å²) in [5.74, 6) is -2.43. The lowest BCUT2D eigenvalue weighted by Crippen LogP contribution is -2.42. The summed E-state index contributed by atoms with van der Waals surface area (Å²) >= 11 is 1.54. The molecular formula is C30H37FN3O7S-. The lowest BCUT2D eigenvalue weighted by atomic mass is 10.0. The summed E-state index contributed by atoms with van der Waals surface area (Å²) in [4.78, 5) is 30.0. The third-order valence-electron chi connectivity index (χ3n) is 6.86. The van der Waals surface area contributed by atoms with Crippen molar-refractivity contribution in [1.82, 2.24) is 14.9 Å². The number of hydrogen-bond acceptors (Lipinski definition) is 9. The topological polar surface area (TPSA) is 168 Å². The number of carbonyl (C=O) groups excluding carboxylic acids is 2. The summed E-state index contributed by atoms with van der Waals surface area (Å²) < 4.78 is 15.4. The van der Waals surface area contributed by atoms with Crippen molar-refractivity contribution in [3.05, 3.63) is 71.3 Å². The number of amides is 1. The third kappa shape index (κ3) is 8.62. The molecule has 1 heterocycles. The van der Waals surface area contributed by atoms with E-state index in [2.05, 4.69) is 10.3 Å². The van der Waals surface area contributed by atoms with Gasteiger partial charge < -0.3 is 40.2 Å². The minimum Gasteiger partial charge on any atom is -0.550 e. The molecule has 0 fully saturated rings. The molecule has 0 saturated carbocycles. The smallest absolute Gasteiger partial charge is 0.272 e. The molecule has 5 N–H and O–H groups in total. The molecule has 228 valence electrons. The zero-order chi connectivity index (χ0) is 31.0. The van der Waals surface area contributed by atoms with Gasteiger partial charge in [0.25, 0.3) is 5.91 Å². The summed E-state index contributed by atoms with van der Waals surface area (Å²) in [7, 11) is 0. The lowest BCUT2D eigenvalue weighted by Gasteiger charge is -2.23. The number of aliphatic hydroxyl groups excluding tert-OH is 4. The van der Waals surface area contributed by atoms with Gasteiger partial charge >= 0.3 is 0 Å².